The highest BCUT2D eigenvalue weighted by atomic mass is 35.5. The van der Waals surface area contributed by atoms with Crippen molar-refractivity contribution in [1.29, 1.82) is 0 Å². The number of amides is 1. The lowest BCUT2D eigenvalue weighted by Crippen LogP contribution is -2.24. The van der Waals surface area contributed by atoms with Crippen LogP contribution in [0.1, 0.15) is 25.2 Å². The number of carbonyl (C=O) groups is 1. The summed E-state index contributed by atoms with van der Waals surface area (Å²) in [7, 11) is 0. The van der Waals surface area contributed by atoms with Crippen LogP contribution in [-0.2, 0) is 4.79 Å². The minimum Gasteiger partial charge on any atom is -0.342 e. The third-order valence-corrected chi connectivity index (χ3v) is 3.94. The molecule has 1 aromatic heterocycles. The zero-order valence-corrected chi connectivity index (χ0v) is 12.9. The maximum atomic E-state index is 11.8. The number of likely N-dealkylation sites (tertiary alicyclic amines) is 1. The van der Waals surface area contributed by atoms with Gasteiger partial charge < -0.3 is 9.42 Å². The lowest BCUT2D eigenvalue weighted by Gasteiger charge is -2.11. The van der Waals surface area contributed by atoms with Crippen LogP contribution in [0.2, 0.25) is 10.0 Å². The van der Waals surface area contributed by atoms with Crippen molar-refractivity contribution in [2.24, 2.45) is 0 Å². The van der Waals surface area contributed by atoms with Crippen LogP contribution >= 0.6 is 23.2 Å². The number of nitrogens with zero attached hydrogens (tertiary/aromatic N) is 3. The van der Waals surface area contributed by atoms with Gasteiger partial charge in [0.1, 0.15) is 0 Å². The minimum atomic E-state index is -0.0478. The maximum absolute atomic E-state index is 11.8. The smallest absolute Gasteiger partial charge is 0.232 e. The highest BCUT2D eigenvalue weighted by molar-refractivity contribution is 6.35. The van der Waals surface area contributed by atoms with Crippen LogP contribution in [0.5, 0.6) is 0 Å². The van der Waals surface area contributed by atoms with E-state index in [1.165, 1.54) is 0 Å². The van der Waals surface area contributed by atoms with Gasteiger partial charge in [0.15, 0.2) is 0 Å². The molecular weight excluding hydrogens is 313 g/mol. The number of halogens is 2. The summed E-state index contributed by atoms with van der Waals surface area (Å²) in [5.74, 6) is 0.976. The first kappa shape index (κ1) is 14.4. The highest BCUT2D eigenvalue weighted by Crippen LogP contribution is 2.30. The van der Waals surface area contributed by atoms with E-state index < -0.39 is 0 Å². The molecule has 1 atom stereocenters. The first-order valence-corrected chi connectivity index (χ1v) is 7.40. The first-order chi connectivity index (χ1) is 10.1. The van der Waals surface area contributed by atoms with Crippen molar-refractivity contribution in [2.75, 3.05) is 13.1 Å². The van der Waals surface area contributed by atoms with Crippen LogP contribution in [0.3, 0.4) is 0 Å². The second kappa shape index (κ2) is 5.66. The Morgan fingerprint density at radius 2 is 2.05 bits per heavy atom. The molecule has 0 bridgehead atoms. The Hall–Kier alpha value is -1.59. The topological polar surface area (TPSA) is 59.2 Å². The van der Waals surface area contributed by atoms with E-state index in [0.29, 0.717) is 46.8 Å². The third-order valence-electron chi connectivity index (χ3n) is 3.51. The van der Waals surface area contributed by atoms with E-state index in [-0.39, 0.29) is 11.8 Å². The molecule has 3 rings (SSSR count). The van der Waals surface area contributed by atoms with Gasteiger partial charge in [0, 0.05) is 35.1 Å². The van der Waals surface area contributed by atoms with Crippen LogP contribution in [0.25, 0.3) is 11.4 Å². The molecule has 2 aromatic rings. The molecule has 0 unspecified atom stereocenters. The van der Waals surface area contributed by atoms with Crippen molar-refractivity contribution in [3.05, 3.63) is 34.1 Å². The molecule has 1 aromatic carbocycles. The molecule has 0 radical (unpaired) electrons. The first-order valence-electron chi connectivity index (χ1n) is 6.64. The molecule has 0 spiro atoms. The van der Waals surface area contributed by atoms with Crippen LogP contribution < -0.4 is 0 Å². The molecule has 1 amide bonds. The minimum absolute atomic E-state index is 0.0478. The predicted molar refractivity (Wildman–Crippen MR) is 79.4 cm³/mol. The molecule has 110 valence electrons. The van der Waals surface area contributed by atoms with E-state index in [4.69, 9.17) is 27.7 Å². The Morgan fingerprint density at radius 3 is 2.67 bits per heavy atom. The fourth-order valence-electron chi connectivity index (χ4n) is 2.44. The van der Waals surface area contributed by atoms with Crippen molar-refractivity contribution >= 4 is 29.1 Å². The average molecular weight is 326 g/mol. The van der Waals surface area contributed by atoms with Gasteiger partial charge in [-0.2, -0.15) is 4.98 Å². The third kappa shape index (κ3) is 2.89. The lowest BCUT2D eigenvalue weighted by atomic mass is 10.1. The van der Waals surface area contributed by atoms with Crippen molar-refractivity contribution in [2.45, 2.75) is 19.3 Å². The van der Waals surface area contributed by atoms with Crippen molar-refractivity contribution in [1.82, 2.24) is 15.0 Å². The van der Waals surface area contributed by atoms with Crippen LogP contribution in [0.4, 0.5) is 0 Å². The van der Waals surface area contributed by atoms with Crippen LogP contribution in [0.15, 0.2) is 22.7 Å². The van der Waals surface area contributed by atoms with Gasteiger partial charge in [-0.05, 0) is 25.1 Å². The van der Waals surface area contributed by atoms with Gasteiger partial charge in [-0.25, -0.2) is 0 Å². The normalized spacial score (nSPS) is 18.5. The standard InChI is InChI=1S/C14H13Cl2N3O2/c1-2-19-7-9(5-12(19)20)14-17-13(18-21-14)8-3-10(15)6-11(16)4-8/h3-4,6,9H,2,5,7H2,1H3/t9-/m1/s1. The molecule has 5 nitrogen and oxygen atoms in total. The summed E-state index contributed by atoms with van der Waals surface area (Å²) in [5.41, 5.74) is 0.694. The van der Waals surface area contributed by atoms with E-state index in [9.17, 15) is 4.79 Å². The van der Waals surface area contributed by atoms with E-state index >= 15 is 0 Å². The molecular formula is C14H13Cl2N3O2. The molecule has 21 heavy (non-hydrogen) atoms. The number of likely N-dealkylation sites (N-methyl/N-ethyl adjacent to an activating group) is 1. The predicted octanol–water partition coefficient (Wildman–Crippen LogP) is 3.38. The van der Waals surface area contributed by atoms with Gasteiger partial charge in [0.2, 0.25) is 17.6 Å². The Bertz CT molecular complexity index is 666. The number of hydrogen-bond acceptors (Lipinski definition) is 4. The van der Waals surface area contributed by atoms with Gasteiger partial charge >= 0.3 is 0 Å². The molecule has 7 heteroatoms. The molecule has 1 fully saturated rings. The summed E-state index contributed by atoms with van der Waals surface area (Å²) in [6, 6.07) is 5.09. The van der Waals surface area contributed by atoms with Crippen molar-refractivity contribution < 1.29 is 9.32 Å². The summed E-state index contributed by atoms with van der Waals surface area (Å²) in [6.45, 7) is 3.26. The zero-order chi connectivity index (χ0) is 15.0. The maximum Gasteiger partial charge on any atom is 0.232 e. The van der Waals surface area contributed by atoms with E-state index in [1.807, 2.05) is 6.92 Å². The van der Waals surface area contributed by atoms with Gasteiger partial charge in [-0.1, -0.05) is 28.4 Å². The van der Waals surface area contributed by atoms with Crippen LogP contribution in [-0.4, -0.2) is 34.0 Å². The van der Waals surface area contributed by atoms with E-state index in [1.54, 1.807) is 23.1 Å². The Morgan fingerprint density at radius 1 is 1.33 bits per heavy atom. The number of rotatable bonds is 3. The number of hydrogen-bond donors (Lipinski definition) is 0. The summed E-state index contributed by atoms with van der Waals surface area (Å²) in [4.78, 5) is 17.9. The Kier molecular flexibility index (Phi) is 3.87. The highest BCUT2D eigenvalue weighted by Gasteiger charge is 2.33. The second-order valence-electron chi connectivity index (χ2n) is 4.95. The van der Waals surface area contributed by atoms with Crippen LogP contribution in [0, 0.1) is 0 Å². The zero-order valence-electron chi connectivity index (χ0n) is 11.3. The summed E-state index contributed by atoms with van der Waals surface area (Å²) in [5, 5.41) is 4.98. The lowest BCUT2D eigenvalue weighted by molar-refractivity contribution is -0.127. The summed E-state index contributed by atoms with van der Waals surface area (Å²) in [6.07, 6.45) is 0.409. The number of benzene rings is 1. The molecule has 2 heterocycles. The summed E-state index contributed by atoms with van der Waals surface area (Å²) < 4.78 is 5.30. The van der Waals surface area contributed by atoms with Gasteiger partial charge in [-0.15, -0.1) is 0 Å². The number of aromatic nitrogens is 2. The quantitative estimate of drug-likeness (QED) is 0.867. The van der Waals surface area contributed by atoms with Gasteiger partial charge in [-0.3, -0.25) is 4.79 Å². The Labute approximate surface area is 131 Å². The second-order valence-corrected chi connectivity index (χ2v) is 5.82. The average Bonchev–Trinajstić information content (AvgIpc) is 3.03. The molecule has 1 aliphatic rings. The largest absolute Gasteiger partial charge is 0.342 e. The fourth-order valence-corrected chi connectivity index (χ4v) is 2.97. The van der Waals surface area contributed by atoms with Crippen molar-refractivity contribution in [3.63, 3.8) is 0 Å². The van der Waals surface area contributed by atoms with Gasteiger partial charge in [0.05, 0.1) is 5.92 Å². The SMILES string of the molecule is CCN1C[C@H](c2nc(-c3cc(Cl)cc(Cl)c3)no2)CC1=O. The molecule has 0 aliphatic carbocycles. The summed E-state index contributed by atoms with van der Waals surface area (Å²) >= 11 is 11.9. The number of carbonyl (C=O) groups excluding carboxylic acids is 1. The van der Waals surface area contributed by atoms with Crippen molar-refractivity contribution in [3.8, 4) is 11.4 Å². The van der Waals surface area contributed by atoms with E-state index in [2.05, 4.69) is 10.1 Å². The monoisotopic (exact) mass is 325 g/mol. The van der Waals surface area contributed by atoms with Gasteiger partial charge in [0.25, 0.3) is 0 Å². The molecule has 1 saturated heterocycles. The fraction of sp³-hybridized carbons (Fsp3) is 0.357. The molecule has 1 aliphatic heterocycles. The molecule has 0 N–H and O–H groups in total. The Balaban J connectivity index is 1.85. The molecule has 0 saturated carbocycles. The van der Waals surface area contributed by atoms with E-state index in [0.717, 1.165) is 0 Å².